The van der Waals surface area contributed by atoms with Crippen LogP contribution < -0.4 is 5.32 Å². The highest BCUT2D eigenvalue weighted by Gasteiger charge is 2.15. The van der Waals surface area contributed by atoms with E-state index in [2.05, 4.69) is 45.2 Å². The van der Waals surface area contributed by atoms with Crippen LogP contribution in [0.5, 0.6) is 0 Å². The number of anilines is 2. The fraction of sp³-hybridized carbons (Fsp3) is 0.353. The molecule has 4 nitrogen and oxygen atoms in total. The Morgan fingerprint density at radius 2 is 2.05 bits per heavy atom. The van der Waals surface area contributed by atoms with E-state index >= 15 is 0 Å². The zero-order valence-electron chi connectivity index (χ0n) is 12.3. The Bertz CT molecular complexity index is 674. The molecule has 0 spiro atoms. The third kappa shape index (κ3) is 3.77. The molecular formula is C17H18N4S. The van der Waals surface area contributed by atoms with E-state index in [1.165, 1.54) is 37.4 Å². The second-order valence-electron chi connectivity index (χ2n) is 5.41. The molecule has 1 saturated carbocycles. The van der Waals surface area contributed by atoms with Crippen molar-refractivity contribution in [2.45, 2.75) is 36.7 Å². The quantitative estimate of drug-likeness (QED) is 0.893. The minimum Gasteiger partial charge on any atom is -0.338 e. The molecule has 0 aliphatic heterocycles. The van der Waals surface area contributed by atoms with Crippen LogP contribution >= 0.6 is 11.8 Å². The average molecular weight is 310 g/mol. The Hall–Kier alpha value is -2.06. The summed E-state index contributed by atoms with van der Waals surface area (Å²) in [4.78, 5) is 8.20. The van der Waals surface area contributed by atoms with Crippen LogP contribution in [-0.4, -0.2) is 15.2 Å². The predicted octanol–water partition coefficient (Wildman–Crippen LogP) is 4.27. The largest absolute Gasteiger partial charge is 0.338 e. The van der Waals surface area contributed by atoms with Gasteiger partial charge in [0, 0.05) is 29.1 Å². The first kappa shape index (κ1) is 14.9. The maximum Gasteiger partial charge on any atom is 0.183 e. The van der Waals surface area contributed by atoms with Gasteiger partial charge in [-0.2, -0.15) is 17.0 Å². The van der Waals surface area contributed by atoms with Crippen molar-refractivity contribution in [3.05, 3.63) is 47.9 Å². The van der Waals surface area contributed by atoms with E-state index in [1.807, 2.05) is 12.1 Å². The predicted molar refractivity (Wildman–Crippen MR) is 90.0 cm³/mol. The number of hydrogen-bond acceptors (Lipinski definition) is 5. The van der Waals surface area contributed by atoms with E-state index in [-0.39, 0.29) is 0 Å². The molecule has 0 radical (unpaired) electrons. The Morgan fingerprint density at radius 1 is 1.23 bits per heavy atom. The first-order valence-corrected chi connectivity index (χ1v) is 8.59. The van der Waals surface area contributed by atoms with Gasteiger partial charge in [0.25, 0.3) is 0 Å². The lowest BCUT2D eigenvalue weighted by Gasteiger charge is -2.11. The van der Waals surface area contributed by atoms with Crippen molar-refractivity contribution in [3.8, 4) is 6.07 Å². The van der Waals surface area contributed by atoms with Crippen LogP contribution in [0.1, 0.15) is 36.9 Å². The molecule has 22 heavy (non-hydrogen) atoms. The van der Waals surface area contributed by atoms with E-state index in [0.29, 0.717) is 11.5 Å². The van der Waals surface area contributed by atoms with Crippen molar-refractivity contribution in [2.24, 2.45) is 0 Å². The first-order chi connectivity index (χ1) is 10.8. The number of nitrogens with zero attached hydrogens (tertiary/aromatic N) is 3. The molecule has 112 valence electrons. The normalized spacial score (nSPS) is 14.7. The standard InChI is InChI=1S/C17H18N4S/c18-11-16-17(20-9-8-19-16)21-14-5-3-4-13(10-14)12-22-15-6-1-2-7-15/h3-5,8-10,15H,1-2,6-7,12H2,(H,20,21). The summed E-state index contributed by atoms with van der Waals surface area (Å²) in [7, 11) is 0. The molecule has 0 amide bonds. The molecular weight excluding hydrogens is 292 g/mol. The van der Waals surface area contributed by atoms with Crippen molar-refractivity contribution in [2.75, 3.05) is 5.32 Å². The Labute approximate surface area is 135 Å². The van der Waals surface area contributed by atoms with Gasteiger partial charge in [0.1, 0.15) is 6.07 Å². The van der Waals surface area contributed by atoms with Crippen molar-refractivity contribution in [1.82, 2.24) is 9.97 Å². The van der Waals surface area contributed by atoms with Crippen LogP contribution in [0.4, 0.5) is 11.5 Å². The molecule has 2 aromatic rings. The topological polar surface area (TPSA) is 61.6 Å². The number of hydrogen-bond donors (Lipinski definition) is 1. The third-order valence-electron chi connectivity index (χ3n) is 3.78. The number of nitrogens with one attached hydrogen (secondary N) is 1. The molecule has 1 heterocycles. The molecule has 3 rings (SSSR count). The summed E-state index contributed by atoms with van der Waals surface area (Å²) < 4.78 is 0. The van der Waals surface area contributed by atoms with Gasteiger partial charge in [-0.3, -0.25) is 0 Å². The van der Waals surface area contributed by atoms with E-state index in [9.17, 15) is 0 Å². The van der Waals surface area contributed by atoms with Crippen molar-refractivity contribution < 1.29 is 0 Å². The van der Waals surface area contributed by atoms with Gasteiger partial charge in [-0.15, -0.1) is 0 Å². The molecule has 1 aromatic carbocycles. The molecule has 1 aliphatic rings. The van der Waals surface area contributed by atoms with Crippen LogP contribution in [0.3, 0.4) is 0 Å². The zero-order valence-corrected chi connectivity index (χ0v) is 13.1. The molecule has 1 aliphatic carbocycles. The van der Waals surface area contributed by atoms with Crippen LogP contribution in [-0.2, 0) is 5.75 Å². The summed E-state index contributed by atoms with van der Waals surface area (Å²) in [5.74, 6) is 1.54. The Balaban J connectivity index is 1.67. The highest BCUT2D eigenvalue weighted by atomic mass is 32.2. The lowest BCUT2D eigenvalue weighted by molar-refractivity contribution is 0.886. The van der Waals surface area contributed by atoms with E-state index in [0.717, 1.165) is 16.7 Å². The van der Waals surface area contributed by atoms with Crippen LogP contribution in [0, 0.1) is 11.3 Å². The summed E-state index contributed by atoms with van der Waals surface area (Å²) in [6.45, 7) is 0. The van der Waals surface area contributed by atoms with E-state index in [4.69, 9.17) is 5.26 Å². The molecule has 0 atom stereocenters. The van der Waals surface area contributed by atoms with Gasteiger partial charge in [0.05, 0.1) is 0 Å². The van der Waals surface area contributed by atoms with Gasteiger partial charge in [-0.1, -0.05) is 25.0 Å². The highest BCUT2D eigenvalue weighted by Crippen LogP contribution is 2.32. The average Bonchev–Trinajstić information content (AvgIpc) is 3.07. The number of nitriles is 1. The molecule has 1 fully saturated rings. The highest BCUT2D eigenvalue weighted by molar-refractivity contribution is 7.99. The lowest BCUT2D eigenvalue weighted by Crippen LogP contribution is -1.99. The van der Waals surface area contributed by atoms with Crippen molar-refractivity contribution >= 4 is 23.3 Å². The summed E-state index contributed by atoms with van der Waals surface area (Å²) in [6, 6.07) is 10.3. The number of rotatable bonds is 5. The molecule has 0 saturated heterocycles. The van der Waals surface area contributed by atoms with Gasteiger partial charge in [0.2, 0.25) is 0 Å². The van der Waals surface area contributed by atoms with Gasteiger partial charge in [0.15, 0.2) is 11.5 Å². The smallest absolute Gasteiger partial charge is 0.183 e. The fourth-order valence-electron chi connectivity index (χ4n) is 2.66. The number of benzene rings is 1. The summed E-state index contributed by atoms with van der Waals surface area (Å²) in [5.41, 5.74) is 2.55. The van der Waals surface area contributed by atoms with Gasteiger partial charge >= 0.3 is 0 Å². The lowest BCUT2D eigenvalue weighted by atomic mass is 10.2. The second kappa shape index (κ2) is 7.28. The molecule has 1 aromatic heterocycles. The molecule has 1 N–H and O–H groups in total. The maximum atomic E-state index is 9.06. The van der Waals surface area contributed by atoms with Crippen molar-refractivity contribution in [3.63, 3.8) is 0 Å². The van der Waals surface area contributed by atoms with Crippen LogP contribution in [0.25, 0.3) is 0 Å². The third-order valence-corrected chi connectivity index (χ3v) is 5.22. The van der Waals surface area contributed by atoms with E-state index < -0.39 is 0 Å². The number of aromatic nitrogens is 2. The van der Waals surface area contributed by atoms with Gasteiger partial charge in [-0.25, -0.2) is 9.97 Å². The molecule has 0 bridgehead atoms. The van der Waals surface area contributed by atoms with Crippen LogP contribution in [0.15, 0.2) is 36.7 Å². The minimum atomic E-state index is 0.313. The van der Waals surface area contributed by atoms with Crippen molar-refractivity contribution in [1.29, 1.82) is 5.26 Å². The summed E-state index contributed by atoms with van der Waals surface area (Å²) in [5, 5.41) is 13.1. The molecule has 0 unspecified atom stereocenters. The maximum absolute atomic E-state index is 9.06. The number of thioether (sulfide) groups is 1. The first-order valence-electron chi connectivity index (χ1n) is 7.54. The second-order valence-corrected chi connectivity index (χ2v) is 6.70. The SMILES string of the molecule is N#Cc1nccnc1Nc1cccc(CSC2CCCC2)c1. The zero-order chi connectivity index (χ0) is 15.2. The summed E-state index contributed by atoms with van der Waals surface area (Å²) >= 11 is 2.05. The van der Waals surface area contributed by atoms with Gasteiger partial charge in [-0.05, 0) is 30.5 Å². The van der Waals surface area contributed by atoms with Crippen LogP contribution in [0.2, 0.25) is 0 Å². The summed E-state index contributed by atoms with van der Waals surface area (Å²) in [6.07, 6.45) is 8.58. The fourth-order valence-corrected chi connectivity index (χ4v) is 3.93. The monoisotopic (exact) mass is 310 g/mol. The Kier molecular flexibility index (Phi) is 4.92. The van der Waals surface area contributed by atoms with E-state index in [1.54, 1.807) is 6.20 Å². The molecule has 5 heteroatoms. The Morgan fingerprint density at radius 3 is 2.86 bits per heavy atom. The van der Waals surface area contributed by atoms with Gasteiger partial charge < -0.3 is 5.32 Å². The minimum absolute atomic E-state index is 0.313.